The Kier molecular flexibility index (Phi) is 4.95. The lowest BCUT2D eigenvalue weighted by atomic mass is 9.98. The Hall–Kier alpha value is -2.30. The summed E-state index contributed by atoms with van der Waals surface area (Å²) in [5, 5.41) is 7.33. The summed E-state index contributed by atoms with van der Waals surface area (Å²) in [4.78, 5) is 11.9. The number of ether oxygens (including phenoxy) is 1. The van der Waals surface area contributed by atoms with Gasteiger partial charge in [-0.1, -0.05) is 18.2 Å². The van der Waals surface area contributed by atoms with Crippen molar-refractivity contribution in [2.24, 2.45) is 0 Å². The molecule has 1 aliphatic carbocycles. The van der Waals surface area contributed by atoms with Gasteiger partial charge in [-0.25, -0.2) is 0 Å². The molecule has 1 aromatic heterocycles. The van der Waals surface area contributed by atoms with Gasteiger partial charge in [0.15, 0.2) is 6.61 Å². The molecule has 0 unspecified atom stereocenters. The lowest BCUT2D eigenvalue weighted by Crippen LogP contribution is -2.32. The van der Waals surface area contributed by atoms with Gasteiger partial charge in [0.25, 0.3) is 5.91 Å². The summed E-state index contributed by atoms with van der Waals surface area (Å²) in [6, 6.07) is 7.70. The number of carbonyl (C=O) groups is 1. The lowest BCUT2D eigenvalue weighted by molar-refractivity contribution is -0.123. The first-order chi connectivity index (χ1) is 11.2. The van der Waals surface area contributed by atoms with Crippen molar-refractivity contribution >= 4 is 5.91 Å². The zero-order chi connectivity index (χ0) is 16.1. The highest BCUT2D eigenvalue weighted by molar-refractivity contribution is 5.77. The minimum Gasteiger partial charge on any atom is -0.484 e. The van der Waals surface area contributed by atoms with Crippen LogP contribution in [0.3, 0.4) is 0 Å². The molecule has 0 saturated heterocycles. The Morgan fingerprint density at radius 3 is 3.00 bits per heavy atom. The van der Waals surface area contributed by atoms with E-state index in [0.29, 0.717) is 13.1 Å². The predicted octanol–water partition coefficient (Wildman–Crippen LogP) is 2.27. The fraction of sp³-hybridized carbons (Fsp3) is 0.444. The molecule has 0 spiro atoms. The molecule has 23 heavy (non-hydrogen) atoms. The first-order valence-corrected chi connectivity index (χ1v) is 8.23. The molecular formula is C18H23N3O2. The molecule has 0 aliphatic heterocycles. The molecule has 1 N–H and O–H groups in total. The van der Waals surface area contributed by atoms with Crippen molar-refractivity contribution in [1.29, 1.82) is 0 Å². The van der Waals surface area contributed by atoms with Crippen LogP contribution in [0.25, 0.3) is 0 Å². The van der Waals surface area contributed by atoms with Crippen LogP contribution < -0.4 is 10.1 Å². The average molecular weight is 313 g/mol. The van der Waals surface area contributed by atoms with E-state index in [-0.39, 0.29) is 12.5 Å². The number of amides is 1. The van der Waals surface area contributed by atoms with Crippen LogP contribution in [-0.2, 0) is 24.2 Å². The molecule has 122 valence electrons. The number of hydrogen-bond acceptors (Lipinski definition) is 3. The number of aryl methyl sites for hydroxylation is 2. The Morgan fingerprint density at radius 2 is 2.13 bits per heavy atom. The van der Waals surface area contributed by atoms with Crippen molar-refractivity contribution in [2.45, 2.75) is 39.2 Å². The predicted molar refractivity (Wildman–Crippen MR) is 88.6 cm³/mol. The van der Waals surface area contributed by atoms with Crippen molar-refractivity contribution in [2.75, 3.05) is 13.2 Å². The van der Waals surface area contributed by atoms with E-state index in [9.17, 15) is 4.79 Å². The van der Waals surface area contributed by atoms with E-state index in [1.54, 1.807) is 0 Å². The maximum atomic E-state index is 11.9. The first-order valence-electron chi connectivity index (χ1n) is 8.23. The number of aromatic nitrogens is 2. The van der Waals surface area contributed by atoms with Crippen molar-refractivity contribution in [3.8, 4) is 5.75 Å². The standard InChI is InChI=1S/C18H23N3O2/c1-14-6-2-5-9-17(14)23-13-18(22)19-10-11-21-16-8-4-3-7-15(16)12-20-21/h2,5-6,9,12H,3-4,7-8,10-11,13H2,1H3,(H,19,22). The maximum absolute atomic E-state index is 11.9. The summed E-state index contributed by atoms with van der Waals surface area (Å²) in [6.45, 7) is 3.30. The molecular weight excluding hydrogens is 290 g/mol. The van der Waals surface area contributed by atoms with Crippen LogP contribution in [-0.4, -0.2) is 28.8 Å². The number of benzene rings is 1. The number of para-hydroxylation sites is 1. The molecule has 1 heterocycles. The Labute approximate surface area is 136 Å². The van der Waals surface area contributed by atoms with E-state index in [2.05, 4.69) is 10.4 Å². The quantitative estimate of drug-likeness (QED) is 0.890. The molecule has 0 saturated carbocycles. The van der Waals surface area contributed by atoms with E-state index >= 15 is 0 Å². The summed E-state index contributed by atoms with van der Waals surface area (Å²) >= 11 is 0. The van der Waals surface area contributed by atoms with Crippen LogP contribution in [0, 0.1) is 6.92 Å². The van der Waals surface area contributed by atoms with Gasteiger partial charge in [-0.05, 0) is 49.8 Å². The van der Waals surface area contributed by atoms with Crippen molar-refractivity contribution in [3.63, 3.8) is 0 Å². The van der Waals surface area contributed by atoms with Gasteiger partial charge in [-0.3, -0.25) is 9.48 Å². The highest BCUT2D eigenvalue weighted by atomic mass is 16.5. The number of nitrogens with zero attached hydrogens (tertiary/aromatic N) is 2. The fourth-order valence-electron chi connectivity index (χ4n) is 2.96. The number of rotatable bonds is 6. The molecule has 3 rings (SSSR count). The molecule has 5 nitrogen and oxygen atoms in total. The minimum atomic E-state index is -0.103. The number of carbonyl (C=O) groups excluding carboxylic acids is 1. The average Bonchev–Trinajstić information content (AvgIpc) is 2.98. The summed E-state index contributed by atoms with van der Waals surface area (Å²) in [7, 11) is 0. The van der Waals surface area contributed by atoms with Gasteiger partial charge < -0.3 is 10.1 Å². The minimum absolute atomic E-state index is 0.0437. The van der Waals surface area contributed by atoms with Crippen LogP contribution >= 0.6 is 0 Å². The van der Waals surface area contributed by atoms with Crippen LogP contribution in [0.5, 0.6) is 5.75 Å². The van der Waals surface area contributed by atoms with Crippen molar-refractivity contribution in [3.05, 3.63) is 47.3 Å². The number of fused-ring (bicyclic) bond motifs is 1. The van der Waals surface area contributed by atoms with Crippen LogP contribution in [0.1, 0.15) is 29.7 Å². The molecule has 0 radical (unpaired) electrons. The highest BCUT2D eigenvalue weighted by Crippen LogP contribution is 2.20. The maximum Gasteiger partial charge on any atom is 0.258 e. The Bertz CT molecular complexity index is 679. The summed E-state index contributed by atoms with van der Waals surface area (Å²) < 4.78 is 7.57. The van der Waals surface area contributed by atoms with Crippen LogP contribution in [0.2, 0.25) is 0 Å². The van der Waals surface area contributed by atoms with Gasteiger partial charge in [-0.2, -0.15) is 5.10 Å². The normalized spacial score (nSPS) is 13.4. The van der Waals surface area contributed by atoms with E-state index < -0.39 is 0 Å². The van der Waals surface area contributed by atoms with Crippen LogP contribution in [0.15, 0.2) is 30.5 Å². The molecule has 0 bridgehead atoms. The molecule has 0 atom stereocenters. The summed E-state index contributed by atoms with van der Waals surface area (Å²) in [6.07, 6.45) is 6.68. The first kappa shape index (κ1) is 15.6. The number of hydrogen-bond donors (Lipinski definition) is 1. The SMILES string of the molecule is Cc1ccccc1OCC(=O)NCCn1ncc2c1CCCC2. The second-order valence-corrected chi connectivity index (χ2v) is 5.95. The van der Waals surface area contributed by atoms with E-state index in [4.69, 9.17) is 4.74 Å². The van der Waals surface area contributed by atoms with Gasteiger partial charge in [0.2, 0.25) is 0 Å². The van der Waals surface area contributed by atoms with E-state index in [1.807, 2.05) is 42.1 Å². The fourth-order valence-corrected chi connectivity index (χ4v) is 2.96. The molecule has 1 aliphatic rings. The highest BCUT2D eigenvalue weighted by Gasteiger charge is 2.14. The topological polar surface area (TPSA) is 56.1 Å². The second kappa shape index (κ2) is 7.31. The van der Waals surface area contributed by atoms with Gasteiger partial charge in [0.1, 0.15) is 5.75 Å². The molecule has 5 heteroatoms. The lowest BCUT2D eigenvalue weighted by Gasteiger charge is -2.14. The Balaban J connectivity index is 1.43. The van der Waals surface area contributed by atoms with Crippen LogP contribution in [0.4, 0.5) is 0 Å². The van der Waals surface area contributed by atoms with Gasteiger partial charge in [0, 0.05) is 12.2 Å². The third-order valence-corrected chi connectivity index (χ3v) is 4.24. The molecule has 0 fully saturated rings. The molecule has 1 aromatic carbocycles. The van der Waals surface area contributed by atoms with Crippen molar-refractivity contribution < 1.29 is 9.53 Å². The number of nitrogens with one attached hydrogen (secondary N) is 1. The van der Waals surface area contributed by atoms with E-state index in [1.165, 1.54) is 24.1 Å². The third-order valence-electron chi connectivity index (χ3n) is 4.24. The smallest absolute Gasteiger partial charge is 0.258 e. The second-order valence-electron chi connectivity index (χ2n) is 5.95. The van der Waals surface area contributed by atoms with Gasteiger partial charge in [-0.15, -0.1) is 0 Å². The third kappa shape index (κ3) is 3.92. The monoisotopic (exact) mass is 313 g/mol. The molecule has 1 amide bonds. The zero-order valence-electron chi connectivity index (χ0n) is 13.5. The largest absolute Gasteiger partial charge is 0.484 e. The summed E-state index contributed by atoms with van der Waals surface area (Å²) in [5.41, 5.74) is 3.73. The van der Waals surface area contributed by atoms with Gasteiger partial charge >= 0.3 is 0 Å². The zero-order valence-corrected chi connectivity index (χ0v) is 13.5. The van der Waals surface area contributed by atoms with Crippen molar-refractivity contribution in [1.82, 2.24) is 15.1 Å². The van der Waals surface area contributed by atoms with E-state index in [0.717, 1.165) is 24.2 Å². The molecule has 2 aromatic rings. The van der Waals surface area contributed by atoms with Gasteiger partial charge in [0.05, 0.1) is 12.7 Å². The summed E-state index contributed by atoms with van der Waals surface area (Å²) in [5.74, 6) is 0.651. The Morgan fingerprint density at radius 1 is 1.30 bits per heavy atom.